The maximum absolute atomic E-state index is 10.8. The fourth-order valence-electron chi connectivity index (χ4n) is 0.904. The highest BCUT2D eigenvalue weighted by Crippen LogP contribution is 2.12. The number of ketones is 1. The van der Waals surface area contributed by atoms with Crippen molar-refractivity contribution in [3.05, 3.63) is 35.9 Å². The Morgan fingerprint density at radius 1 is 1.07 bits per heavy atom. The van der Waals surface area contributed by atoms with Crippen molar-refractivity contribution in [1.82, 2.24) is 0 Å². The van der Waals surface area contributed by atoms with Crippen LogP contribution in [0.2, 0.25) is 0 Å². The lowest BCUT2D eigenvalue weighted by atomic mass is 10.1. The Balaban J connectivity index is 0. The lowest BCUT2D eigenvalue weighted by molar-refractivity contribution is -0.153. The average molecular weight is 216 g/mol. The average Bonchev–Trinajstić information content (AvgIpc) is 2.17. The molecule has 6 N–H and O–H groups in total. The minimum atomic E-state index is -1.63. The molecule has 15 heavy (non-hydrogen) atoms. The van der Waals surface area contributed by atoms with Crippen LogP contribution in [-0.2, 0) is 9.59 Å². The van der Waals surface area contributed by atoms with E-state index in [4.69, 9.17) is 5.11 Å². The number of Topliss-reactive ketones (excluding diaryl/α,β-unsaturated/α-hetero) is 1. The van der Waals surface area contributed by atoms with Crippen molar-refractivity contribution in [2.24, 2.45) is 0 Å². The van der Waals surface area contributed by atoms with Crippen molar-refractivity contribution in [2.45, 2.75) is 6.10 Å². The van der Waals surface area contributed by atoms with E-state index in [0.29, 0.717) is 0 Å². The first-order valence-corrected chi connectivity index (χ1v) is 3.63. The standard InChI is InChI=1S/C9H8O4.2H2O/c10-7(8(11)9(12)13)6-4-2-1-3-5-6;;/h1-5,7,10H,(H,12,13);2*1H2. The van der Waals surface area contributed by atoms with Crippen LogP contribution < -0.4 is 0 Å². The van der Waals surface area contributed by atoms with E-state index in [1.54, 1.807) is 18.2 Å². The van der Waals surface area contributed by atoms with Gasteiger partial charge in [-0.25, -0.2) is 4.79 Å². The highest BCUT2D eigenvalue weighted by molar-refractivity contribution is 6.34. The Hall–Kier alpha value is -1.76. The van der Waals surface area contributed by atoms with Gasteiger partial charge in [0, 0.05) is 0 Å². The molecule has 6 nitrogen and oxygen atoms in total. The zero-order chi connectivity index (χ0) is 9.84. The first kappa shape index (κ1) is 15.7. The zero-order valence-electron chi connectivity index (χ0n) is 7.68. The van der Waals surface area contributed by atoms with Crippen LogP contribution in [0.25, 0.3) is 0 Å². The monoisotopic (exact) mass is 216 g/mol. The van der Waals surface area contributed by atoms with Gasteiger partial charge in [0.2, 0.25) is 0 Å². The van der Waals surface area contributed by atoms with E-state index in [1.165, 1.54) is 12.1 Å². The first-order valence-electron chi connectivity index (χ1n) is 3.63. The molecule has 0 aliphatic rings. The second-order valence-corrected chi connectivity index (χ2v) is 2.48. The molecular formula is C9H12O6. The molecule has 1 unspecified atom stereocenters. The molecule has 1 rings (SSSR count). The van der Waals surface area contributed by atoms with Crippen molar-refractivity contribution in [3.63, 3.8) is 0 Å². The van der Waals surface area contributed by atoms with E-state index < -0.39 is 17.9 Å². The van der Waals surface area contributed by atoms with Gasteiger partial charge in [0.05, 0.1) is 0 Å². The molecular weight excluding hydrogens is 204 g/mol. The van der Waals surface area contributed by atoms with Gasteiger partial charge in [0.25, 0.3) is 5.78 Å². The van der Waals surface area contributed by atoms with Crippen LogP contribution in [0.4, 0.5) is 0 Å². The molecule has 1 aromatic rings. The molecule has 0 saturated heterocycles. The Labute approximate surface area is 85.4 Å². The molecule has 0 aliphatic carbocycles. The fourth-order valence-corrected chi connectivity index (χ4v) is 0.904. The first-order chi connectivity index (χ1) is 6.13. The predicted octanol–water partition coefficient (Wildman–Crippen LogP) is -1.28. The molecule has 0 heterocycles. The number of carboxylic acids is 1. The smallest absolute Gasteiger partial charge is 0.375 e. The number of carbonyl (C=O) groups is 2. The summed E-state index contributed by atoms with van der Waals surface area (Å²) < 4.78 is 0. The highest BCUT2D eigenvalue weighted by atomic mass is 16.4. The lowest BCUT2D eigenvalue weighted by Gasteiger charge is -2.05. The van der Waals surface area contributed by atoms with E-state index in [1.807, 2.05) is 0 Å². The van der Waals surface area contributed by atoms with E-state index in [-0.39, 0.29) is 16.5 Å². The summed E-state index contributed by atoms with van der Waals surface area (Å²) in [7, 11) is 0. The third kappa shape index (κ3) is 3.86. The van der Waals surface area contributed by atoms with Crippen LogP contribution in [0.3, 0.4) is 0 Å². The summed E-state index contributed by atoms with van der Waals surface area (Å²) in [5.41, 5.74) is 0.287. The number of aliphatic hydroxyl groups excluding tert-OH is 1. The van der Waals surface area contributed by atoms with Gasteiger partial charge in [0.15, 0.2) is 0 Å². The summed E-state index contributed by atoms with van der Waals surface area (Å²) >= 11 is 0. The number of hydrogen-bond donors (Lipinski definition) is 2. The molecule has 0 saturated carbocycles. The molecule has 0 aromatic heterocycles. The topological polar surface area (TPSA) is 138 Å². The summed E-state index contributed by atoms with van der Waals surface area (Å²) in [5.74, 6) is -2.84. The predicted molar refractivity (Wildman–Crippen MR) is 51.3 cm³/mol. The molecule has 1 aromatic carbocycles. The summed E-state index contributed by atoms with van der Waals surface area (Å²) in [6.07, 6.45) is -1.57. The normalized spacial score (nSPS) is 10.5. The summed E-state index contributed by atoms with van der Waals surface area (Å²) in [4.78, 5) is 21.0. The zero-order valence-corrected chi connectivity index (χ0v) is 7.68. The quantitative estimate of drug-likeness (QED) is 0.608. The molecule has 0 fully saturated rings. The van der Waals surface area contributed by atoms with Crippen molar-refractivity contribution in [3.8, 4) is 0 Å². The molecule has 0 amide bonds. The molecule has 0 spiro atoms. The highest BCUT2D eigenvalue weighted by Gasteiger charge is 2.23. The van der Waals surface area contributed by atoms with Crippen LogP contribution in [0, 0.1) is 0 Å². The van der Waals surface area contributed by atoms with Gasteiger partial charge < -0.3 is 21.2 Å². The summed E-state index contributed by atoms with van der Waals surface area (Å²) in [5, 5.41) is 17.5. The molecule has 0 radical (unpaired) electrons. The Bertz CT molecular complexity index is 321. The maximum atomic E-state index is 10.8. The molecule has 6 heteroatoms. The third-order valence-electron chi connectivity index (χ3n) is 1.57. The number of hydrogen-bond acceptors (Lipinski definition) is 3. The lowest BCUT2D eigenvalue weighted by Crippen LogP contribution is -2.21. The van der Waals surface area contributed by atoms with Crippen LogP contribution in [0.15, 0.2) is 30.3 Å². The number of rotatable bonds is 3. The SMILES string of the molecule is O.O.O=C(O)C(=O)C(O)c1ccccc1. The minimum absolute atomic E-state index is 0. The Morgan fingerprint density at radius 2 is 1.53 bits per heavy atom. The number of carboxylic acid groups (broad SMARTS) is 1. The molecule has 0 bridgehead atoms. The van der Waals surface area contributed by atoms with Gasteiger partial charge in [-0.1, -0.05) is 30.3 Å². The van der Waals surface area contributed by atoms with Crippen LogP contribution >= 0.6 is 0 Å². The summed E-state index contributed by atoms with van der Waals surface area (Å²) in [6.45, 7) is 0. The number of carbonyl (C=O) groups excluding carboxylic acids is 1. The van der Waals surface area contributed by atoms with Crippen LogP contribution in [-0.4, -0.2) is 32.9 Å². The number of aliphatic carboxylic acids is 1. The van der Waals surface area contributed by atoms with Crippen molar-refractivity contribution >= 4 is 11.8 Å². The Morgan fingerprint density at radius 3 is 1.93 bits per heavy atom. The van der Waals surface area contributed by atoms with E-state index in [0.717, 1.165) is 0 Å². The minimum Gasteiger partial charge on any atom is -0.475 e. The van der Waals surface area contributed by atoms with Gasteiger partial charge >= 0.3 is 5.97 Å². The van der Waals surface area contributed by atoms with Crippen molar-refractivity contribution in [2.75, 3.05) is 0 Å². The summed E-state index contributed by atoms with van der Waals surface area (Å²) in [6, 6.07) is 7.93. The Kier molecular flexibility index (Phi) is 6.97. The van der Waals surface area contributed by atoms with Gasteiger partial charge in [0.1, 0.15) is 6.10 Å². The largest absolute Gasteiger partial charge is 0.475 e. The van der Waals surface area contributed by atoms with E-state index >= 15 is 0 Å². The number of benzene rings is 1. The second kappa shape index (κ2) is 6.66. The van der Waals surface area contributed by atoms with E-state index in [2.05, 4.69) is 0 Å². The molecule has 1 atom stereocenters. The molecule has 0 aliphatic heterocycles. The number of aliphatic hydroxyl groups is 1. The van der Waals surface area contributed by atoms with Crippen LogP contribution in [0.1, 0.15) is 11.7 Å². The van der Waals surface area contributed by atoms with Gasteiger partial charge in [-0.15, -0.1) is 0 Å². The second-order valence-electron chi connectivity index (χ2n) is 2.48. The third-order valence-corrected chi connectivity index (χ3v) is 1.57. The van der Waals surface area contributed by atoms with Gasteiger partial charge in [-0.3, -0.25) is 4.79 Å². The van der Waals surface area contributed by atoms with Gasteiger partial charge in [-0.2, -0.15) is 0 Å². The van der Waals surface area contributed by atoms with Crippen molar-refractivity contribution < 1.29 is 30.8 Å². The fraction of sp³-hybridized carbons (Fsp3) is 0.111. The van der Waals surface area contributed by atoms with Crippen LogP contribution in [0.5, 0.6) is 0 Å². The molecule has 84 valence electrons. The van der Waals surface area contributed by atoms with Crippen molar-refractivity contribution in [1.29, 1.82) is 0 Å². The van der Waals surface area contributed by atoms with E-state index in [9.17, 15) is 14.7 Å². The van der Waals surface area contributed by atoms with Gasteiger partial charge in [-0.05, 0) is 5.56 Å². The maximum Gasteiger partial charge on any atom is 0.375 e.